The molecule has 112 valence electrons. The van der Waals surface area contributed by atoms with Crippen molar-refractivity contribution in [3.8, 4) is 5.75 Å². The highest BCUT2D eigenvalue weighted by atomic mass is 35.5. The fourth-order valence-electron chi connectivity index (χ4n) is 2.51. The second-order valence-corrected chi connectivity index (χ2v) is 5.54. The van der Waals surface area contributed by atoms with E-state index in [4.69, 9.17) is 16.3 Å². The summed E-state index contributed by atoms with van der Waals surface area (Å²) in [5.74, 6) is 0.787. The predicted molar refractivity (Wildman–Crippen MR) is 89.3 cm³/mol. The first-order valence-corrected chi connectivity index (χ1v) is 7.64. The third-order valence-electron chi connectivity index (χ3n) is 3.72. The zero-order valence-electron chi connectivity index (χ0n) is 12.8. The van der Waals surface area contributed by atoms with Crippen molar-refractivity contribution in [2.45, 2.75) is 26.3 Å². The molecule has 1 atom stereocenters. The number of likely N-dealkylation sites (N-methyl/N-ethyl adjacent to an activating group) is 1. The van der Waals surface area contributed by atoms with Crippen LogP contribution in [0.5, 0.6) is 5.75 Å². The number of benzene rings is 2. The lowest BCUT2D eigenvalue weighted by Gasteiger charge is -2.21. The zero-order chi connectivity index (χ0) is 15.2. The molecule has 3 heteroatoms. The lowest BCUT2D eigenvalue weighted by Crippen LogP contribution is -2.23. The van der Waals surface area contributed by atoms with Gasteiger partial charge in [0.15, 0.2) is 0 Å². The van der Waals surface area contributed by atoms with E-state index in [2.05, 4.69) is 43.4 Å². The number of halogens is 1. The number of hydrogen-bond acceptors (Lipinski definition) is 2. The van der Waals surface area contributed by atoms with Gasteiger partial charge in [-0.05, 0) is 48.7 Å². The molecule has 0 saturated carbocycles. The molecule has 0 spiro atoms. The van der Waals surface area contributed by atoms with E-state index in [0.717, 1.165) is 29.3 Å². The number of methoxy groups -OCH3 is 1. The Hall–Kier alpha value is -1.51. The highest BCUT2D eigenvalue weighted by molar-refractivity contribution is 6.31. The van der Waals surface area contributed by atoms with Crippen molar-refractivity contribution in [1.29, 1.82) is 0 Å². The van der Waals surface area contributed by atoms with Gasteiger partial charge in [-0.2, -0.15) is 0 Å². The molecule has 2 rings (SSSR count). The molecule has 0 heterocycles. The molecule has 0 radical (unpaired) electrons. The van der Waals surface area contributed by atoms with E-state index in [1.165, 1.54) is 11.1 Å². The van der Waals surface area contributed by atoms with Crippen LogP contribution >= 0.6 is 11.6 Å². The molecule has 0 saturated heterocycles. The van der Waals surface area contributed by atoms with Crippen molar-refractivity contribution in [2.24, 2.45) is 0 Å². The fraction of sp³-hybridized carbons (Fsp3) is 0.333. The third-order valence-corrected chi connectivity index (χ3v) is 4.05. The summed E-state index contributed by atoms with van der Waals surface area (Å²) in [6.07, 6.45) is 0.923. The summed E-state index contributed by atoms with van der Waals surface area (Å²) in [5.41, 5.74) is 3.77. The first-order valence-electron chi connectivity index (χ1n) is 7.27. The molecule has 2 aromatic carbocycles. The van der Waals surface area contributed by atoms with Crippen LogP contribution in [0.3, 0.4) is 0 Å². The van der Waals surface area contributed by atoms with Gasteiger partial charge in [0.05, 0.1) is 7.11 Å². The van der Waals surface area contributed by atoms with Crippen molar-refractivity contribution < 1.29 is 4.74 Å². The maximum Gasteiger partial charge on any atom is 0.120 e. The van der Waals surface area contributed by atoms with Crippen LogP contribution in [-0.2, 0) is 6.42 Å². The summed E-state index contributed by atoms with van der Waals surface area (Å²) in [4.78, 5) is 0. The highest BCUT2D eigenvalue weighted by Gasteiger charge is 2.16. The van der Waals surface area contributed by atoms with Gasteiger partial charge in [0.1, 0.15) is 5.75 Å². The molecular formula is C18H22ClNO. The molecule has 0 aliphatic heterocycles. The standard InChI is InChI=1S/C18H22ClNO/c1-4-20-18(11-14-8-6-5-7-13(14)2)16-10-9-15(21-3)12-17(16)19/h5-10,12,18,20H,4,11H2,1-3H3. The molecule has 0 aromatic heterocycles. The molecule has 1 N–H and O–H groups in total. The molecule has 0 aliphatic rings. The van der Waals surface area contributed by atoms with Crippen LogP contribution in [0.2, 0.25) is 5.02 Å². The summed E-state index contributed by atoms with van der Waals surface area (Å²) in [7, 11) is 1.65. The normalized spacial score (nSPS) is 12.2. The maximum absolute atomic E-state index is 6.42. The van der Waals surface area contributed by atoms with E-state index in [1.807, 2.05) is 18.2 Å². The van der Waals surface area contributed by atoms with Gasteiger partial charge in [-0.3, -0.25) is 0 Å². The molecule has 0 fully saturated rings. The van der Waals surface area contributed by atoms with Crippen LogP contribution in [-0.4, -0.2) is 13.7 Å². The summed E-state index contributed by atoms with van der Waals surface area (Å²) >= 11 is 6.42. The van der Waals surface area contributed by atoms with E-state index in [1.54, 1.807) is 7.11 Å². The molecule has 0 aliphatic carbocycles. The maximum atomic E-state index is 6.42. The Morgan fingerprint density at radius 3 is 2.57 bits per heavy atom. The number of hydrogen-bond donors (Lipinski definition) is 1. The van der Waals surface area contributed by atoms with Gasteiger partial charge in [-0.1, -0.05) is 48.9 Å². The summed E-state index contributed by atoms with van der Waals surface area (Å²) < 4.78 is 5.22. The second kappa shape index (κ2) is 7.48. The Labute approximate surface area is 132 Å². The predicted octanol–water partition coefficient (Wildman–Crippen LogP) is 4.55. The van der Waals surface area contributed by atoms with E-state index >= 15 is 0 Å². The zero-order valence-corrected chi connectivity index (χ0v) is 13.6. The van der Waals surface area contributed by atoms with Crippen molar-refractivity contribution in [3.63, 3.8) is 0 Å². The quantitative estimate of drug-likeness (QED) is 0.845. The molecule has 21 heavy (non-hydrogen) atoms. The Morgan fingerprint density at radius 2 is 1.95 bits per heavy atom. The third kappa shape index (κ3) is 3.99. The number of rotatable bonds is 6. The number of ether oxygens (including phenoxy) is 1. The van der Waals surface area contributed by atoms with Gasteiger partial charge in [0.2, 0.25) is 0 Å². The minimum atomic E-state index is 0.203. The summed E-state index contributed by atoms with van der Waals surface area (Å²) in [5, 5.41) is 4.27. The van der Waals surface area contributed by atoms with Gasteiger partial charge in [-0.15, -0.1) is 0 Å². The van der Waals surface area contributed by atoms with Gasteiger partial charge in [0.25, 0.3) is 0 Å². The van der Waals surface area contributed by atoms with Crippen LogP contribution in [0.25, 0.3) is 0 Å². The molecule has 2 aromatic rings. The van der Waals surface area contributed by atoms with E-state index in [-0.39, 0.29) is 6.04 Å². The average molecular weight is 304 g/mol. The molecule has 0 bridgehead atoms. The number of nitrogens with one attached hydrogen (secondary N) is 1. The van der Waals surface area contributed by atoms with Crippen molar-refractivity contribution in [3.05, 3.63) is 64.2 Å². The first-order chi connectivity index (χ1) is 10.2. The smallest absolute Gasteiger partial charge is 0.120 e. The van der Waals surface area contributed by atoms with Crippen LogP contribution in [0.4, 0.5) is 0 Å². The van der Waals surface area contributed by atoms with Crippen LogP contribution < -0.4 is 10.1 Å². The number of aryl methyl sites for hydroxylation is 1. The lowest BCUT2D eigenvalue weighted by molar-refractivity contribution is 0.414. The Kier molecular flexibility index (Phi) is 5.66. The monoisotopic (exact) mass is 303 g/mol. The average Bonchev–Trinajstić information content (AvgIpc) is 2.49. The van der Waals surface area contributed by atoms with Gasteiger partial charge >= 0.3 is 0 Å². The highest BCUT2D eigenvalue weighted by Crippen LogP contribution is 2.29. The van der Waals surface area contributed by atoms with E-state index in [0.29, 0.717) is 0 Å². The van der Waals surface area contributed by atoms with Crippen LogP contribution in [0.1, 0.15) is 29.7 Å². The Bertz CT molecular complexity index is 598. The fourth-order valence-corrected chi connectivity index (χ4v) is 2.82. The SMILES string of the molecule is CCNC(Cc1ccccc1C)c1ccc(OC)cc1Cl. The Balaban J connectivity index is 2.29. The van der Waals surface area contributed by atoms with Crippen LogP contribution in [0, 0.1) is 6.92 Å². The van der Waals surface area contributed by atoms with Crippen molar-refractivity contribution in [1.82, 2.24) is 5.32 Å². The second-order valence-electron chi connectivity index (χ2n) is 5.13. The molecule has 0 amide bonds. The summed E-state index contributed by atoms with van der Waals surface area (Å²) in [6, 6.07) is 14.6. The largest absolute Gasteiger partial charge is 0.497 e. The van der Waals surface area contributed by atoms with Gasteiger partial charge < -0.3 is 10.1 Å². The summed E-state index contributed by atoms with van der Waals surface area (Å²) in [6.45, 7) is 5.16. The lowest BCUT2D eigenvalue weighted by atomic mass is 9.96. The first kappa shape index (κ1) is 15.9. The minimum absolute atomic E-state index is 0.203. The van der Waals surface area contributed by atoms with Gasteiger partial charge in [0, 0.05) is 11.1 Å². The topological polar surface area (TPSA) is 21.3 Å². The van der Waals surface area contributed by atoms with E-state index < -0.39 is 0 Å². The van der Waals surface area contributed by atoms with Crippen molar-refractivity contribution >= 4 is 11.6 Å². The van der Waals surface area contributed by atoms with Gasteiger partial charge in [-0.25, -0.2) is 0 Å². The molecule has 1 unspecified atom stereocenters. The molecular weight excluding hydrogens is 282 g/mol. The van der Waals surface area contributed by atoms with Crippen molar-refractivity contribution in [2.75, 3.05) is 13.7 Å². The van der Waals surface area contributed by atoms with Crippen LogP contribution in [0.15, 0.2) is 42.5 Å². The Morgan fingerprint density at radius 1 is 1.19 bits per heavy atom. The van der Waals surface area contributed by atoms with E-state index in [9.17, 15) is 0 Å². The minimum Gasteiger partial charge on any atom is -0.497 e. The molecule has 2 nitrogen and oxygen atoms in total.